The summed E-state index contributed by atoms with van der Waals surface area (Å²) in [7, 11) is 0. The largest absolute Gasteiger partial charge is 0.508 e. The van der Waals surface area contributed by atoms with E-state index >= 15 is 0 Å². The number of hydrogen-bond acceptors (Lipinski definition) is 6. The smallest absolute Gasteiger partial charge is 0.151 e. The van der Waals surface area contributed by atoms with Crippen molar-refractivity contribution in [3.05, 3.63) is 122 Å². The Kier molecular flexibility index (Phi) is 16.7. The van der Waals surface area contributed by atoms with Crippen molar-refractivity contribution in [2.24, 2.45) is 0 Å². The summed E-state index contributed by atoms with van der Waals surface area (Å²) in [5, 5.41) is 18.4. The number of phenols is 2. The molecule has 0 atom stereocenters. The second kappa shape index (κ2) is 18.8. The Morgan fingerprint density at radius 3 is 1.34 bits per heavy atom. The zero-order valence-corrected chi connectivity index (χ0v) is 31.3. The van der Waals surface area contributed by atoms with E-state index in [1.54, 1.807) is 32.0 Å². The molecular formula is C34H32Br4O6. The standard InChI is InChI=1S/2C9H9BrO.2C8H7BrO2/c1-6-3-8(5-11)9(10)4-7(6)2;1-6-3-4-9(10)8(5-11)7(6)2;1-5-2-7(9)6(4-10)3-8(5)11;1-5-6(4-10)7(9)2-3-8(5)11/h2*3-5H,1-2H3;2*2-4,11H,1H3. The van der Waals surface area contributed by atoms with E-state index in [0.717, 1.165) is 55.6 Å². The topological polar surface area (TPSA) is 109 Å². The maximum Gasteiger partial charge on any atom is 0.151 e. The second-order valence-electron chi connectivity index (χ2n) is 9.60. The highest BCUT2D eigenvalue weighted by molar-refractivity contribution is 9.11. The number of benzene rings is 4. The number of halogens is 4. The van der Waals surface area contributed by atoms with Crippen LogP contribution in [0.3, 0.4) is 0 Å². The summed E-state index contributed by atoms with van der Waals surface area (Å²) >= 11 is 13.0. The lowest BCUT2D eigenvalue weighted by Crippen LogP contribution is -1.90. The molecule has 4 aromatic carbocycles. The molecule has 232 valence electrons. The Morgan fingerprint density at radius 1 is 0.455 bits per heavy atom. The highest BCUT2D eigenvalue weighted by Gasteiger charge is 2.06. The fourth-order valence-electron chi connectivity index (χ4n) is 3.44. The van der Waals surface area contributed by atoms with Crippen molar-refractivity contribution < 1.29 is 29.4 Å². The quantitative estimate of drug-likeness (QED) is 0.198. The highest BCUT2D eigenvalue weighted by Crippen LogP contribution is 2.26. The van der Waals surface area contributed by atoms with Gasteiger partial charge in [-0.1, -0.05) is 69.8 Å². The van der Waals surface area contributed by atoms with Crippen molar-refractivity contribution in [1.82, 2.24) is 0 Å². The molecule has 6 nitrogen and oxygen atoms in total. The van der Waals surface area contributed by atoms with Gasteiger partial charge in [0.2, 0.25) is 0 Å². The molecule has 0 amide bonds. The van der Waals surface area contributed by atoms with Crippen LogP contribution in [0.15, 0.2) is 66.4 Å². The fraction of sp³-hybridized carbons (Fsp3) is 0.176. The number of carbonyl (C=O) groups is 4. The Hall–Kier alpha value is -2.92. The Balaban J connectivity index is 0.000000293. The lowest BCUT2D eigenvalue weighted by Gasteiger charge is -2.03. The summed E-state index contributed by atoms with van der Waals surface area (Å²) in [6.45, 7) is 11.4. The number of phenolic OH excluding ortho intramolecular Hbond substituents is 2. The number of carbonyl (C=O) groups excluding carboxylic acids is 4. The molecule has 0 aliphatic heterocycles. The predicted molar refractivity (Wildman–Crippen MR) is 190 cm³/mol. The molecule has 44 heavy (non-hydrogen) atoms. The molecule has 0 unspecified atom stereocenters. The SMILES string of the molecule is Cc1c(O)ccc(Br)c1C=O.Cc1cc(Br)c(C=O)cc1C.Cc1cc(Br)c(C=O)cc1O.Cc1ccc(Br)c(C=O)c1C. The fourth-order valence-corrected chi connectivity index (χ4v) is 5.59. The van der Waals surface area contributed by atoms with Gasteiger partial charge in [0.1, 0.15) is 11.5 Å². The van der Waals surface area contributed by atoms with Gasteiger partial charge in [0.15, 0.2) is 25.1 Å². The third-order valence-electron chi connectivity index (χ3n) is 6.58. The molecule has 0 radical (unpaired) electrons. The maximum absolute atomic E-state index is 10.6. The monoisotopic (exact) mass is 852 g/mol. The van der Waals surface area contributed by atoms with Gasteiger partial charge in [-0.05, 0) is 112 Å². The lowest BCUT2D eigenvalue weighted by molar-refractivity contribution is 0.111. The van der Waals surface area contributed by atoms with Crippen molar-refractivity contribution in [3.8, 4) is 11.5 Å². The summed E-state index contributed by atoms with van der Waals surface area (Å²) in [5.41, 5.74) is 8.34. The Labute approximate surface area is 291 Å². The van der Waals surface area contributed by atoms with Crippen LogP contribution in [0.5, 0.6) is 11.5 Å². The van der Waals surface area contributed by atoms with Gasteiger partial charge < -0.3 is 10.2 Å². The Bertz CT molecular complexity index is 1540. The van der Waals surface area contributed by atoms with E-state index in [0.29, 0.717) is 37.5 Å². The van der Waals surface area contributed by atoms with Crippen molar-refractivity contribution in [2.45, 2.75) is 41.5 Å². The zero-order chi connectivity index (χ0) is 33.7. The van der Waals surface area contributed by atoms with Gasteiger partial charge in [-0.15, -0.1) is 0 Å². The van der Waals surface area contributed by atoms with Gasteiger partial charge in [-0.2, -0.15) is 0 Å². The number of hydrogen-bond donors (Lipinski definition) is 2. The number of aryl methyl sites for hydroxylation is 4. The molecule has 0 aliphatic carbocycles. The molecule has 4 aromatic rings. The summed E-state index contributed by atoms with van der Waals surface area (Å²) in [6, 6.07) is 14.1. The summed E-state index contributed by atoms with van der Waals surface area (Å²) in [5.74, 6) is 0.297. The molecular weight excluding hydrogens is 824 g/mol. The van der Waals surface area contributed by atoms with E-state index in [1.807, 2.05) is 52.0 Å². The summed E-state index contributed by atoms with van der Waals surface area (Å²) in [6.07, 6.45) is 3.16. The van der Waals surface area contributed by atoms with Crippen LogP contribution in [0.4, 0.5) is 0 Å². The van der Waals surface area contributed by atoms with Crippen LogP contribution < -0.4 is 0 Å². The average molecular weight is 856 g/mol. The summed E-state index contributed by atoms with van der Waals surface area (Å²) < 4.78 is 3.16. The van der Waals surface area contributed by atoms with Gasteiger partial charge in [-0.3, -0.25) is 19.2 Å². The first-order chi connectivity index (χ1) is 20.6. The zero-order valence-electron chi connectivity index (χ0n) is 25.0. The van der Waals surface area contributed by atoms with Crippen LogP contribution in [0.2, 0.25) is 0 Å². The van der Waals surface area contributed by atoms with Crippen molar-refractivity contribution in [1.29, 1.82) is 0 Å². The van der Waals surface area contributed by atoms with E-state index < -0.39 is 0 Å². The first-order valence-electron chi connectivity index (χ1n) is 12.9. The van der Waals surface area contributed by atoms with Crippen LogP contribution in [0.1, 0.15) is 74.8 Å². The average Bonchev–Trinajstić information content (AvgIpc) is 2.98. The molecule has 4 rings (SSSR count). The number of aromatic hydroxyl groups is 2. The van der Waals surface area contributed by atoms with Crippen LogP contribution in [0.25, 0.3) is 0 Å². The minimum atomic E-state index is 0.148. The first-order valence-corrected chi connectivity index (χ1v) is 16.1. The third-order valence-corrected chi connectivity index (χ3v) is 9.34. The molecule has 0 spiro atoms. The molecule has 0 saturated carbocycles. The third kappa shape index (κ3) is 11.2. The van der Waals surface area contributed by atoms with Crippen LogP contribution in [-0.4, -0.2) is 35.4 Å². The number of rotatable bonds is 4. The van der Waals surface area contributed by atoms with Gasteiger partial charge in [-0.25, -0.2) is 0 Å². The van der Waals surface area contributed by atoms with Crippen LogP contribution >= 0.6 is 63.7 Å². The van der Waals surface area contributed by atoms with E-state index in [1.165, 1.54) is 11.6 Å². The minimum Gasteiger partial charge on any atom is -0.508 e. The molecule has 0 aliphatic rings. The van der Waals surface area contributed by atoms with Crippen molar-refractivity contribution in [3.63, 3.8) is 0 Å². The Morgan fingerprint density at radius 2 is 0.886 bits per heavy atom. The second-order valence-corrected chi connectivity index (χ2v) is 13.0. The molecule has 10 heteroatoms. The highest BCUT2D eigenvalue weighted by atomic mass is 79.9. The number of aldehydes is 4. The van der Waals surface area contributed by atoms with E-state index in [4.69, 9.17) is 0 Å². The van der Waals surface area contributed by atoms with E-state index in [-0.39, 0.29) is 11.5 Å². The van der Waals surface area contributed by atoms with Crippen LogP contribution in [0, 0.1) is 41.5 Å². The lowest BCUT2D eigenvalue weighted by atomic mass is 10.1. The molecule has 0 heterocycles. The maximum atomic E-state index is 10.6. The predicted octanol–water partition coefficient (Wildman–Crippen LogP) is 10.3. The van der Waals surface area contributed by atoms with Gasteiger partial charge in [0.05, 0.1) is 0 Å². The molecule has 0 aromatic heterocycles. The van der Waals surface area contributed by atoms with Crippen molar-refractivity contribution >= 4 is 88.9 Å². The molecule has 0 bridgehead atoms. The molecule has 0 fully saturated rings. The first kappa shape index (κ1) is 39.1. The van der Waals surface area contributed by atoms with Gasteiger partial charge in [0.25, 0.3) is 0 Å². The normalized spacial score (nSPS) is 9.68. The van der Waals surface area contributed by atoms with Crippen LogP contribution in [-0.2, 0) is 0 Å². The van der Waals surface area contributed by atoms with Gasteiger partial charge in [0, 0.05) is 45.7 Å². The van der Waals surface area contributed by atoms with Crippen molar-refractivity contribution in [2.75, 3.05) is 0 Å². The van der Waals surface area contributed by atoms with E-state index in [2.05, 4.69) is 63.7 Å². The minimum absolute atomic E-state index is 0.148. The van der Waals surface area contributed by atoms with E-state index in [9.17, 15) is 29.4 Å². The molecule has 2 N–H and O–H groups in total. The van der Waals surface area contributed by atoms with Gasteiger partial charge >= 0.3 is 0 Å². The molecule has 0 saturated heterocycles. The summed E-state index contributed by atoms with van der Waals surface area (Å²) in [4.78, 5) is 41.8.